The molecule has 0 amide bonds. The molecule has 20 heavy (non-hydrogen) atoms. The number of hydroxylamine groups is 2. The number of aliphatic hydroxyl groups is 1. The molecule has 1 aromatic carbocycles. The molecule has 0 bridgehead atoms. The van der Waals surface area contributed by atoms with Crippen LogP contribution in [-0.4, -0.2) is 41.1 Å². The maximum absolute atomic E-state index is 10.3. The van der Waals surface area contributed by atoms with Crippen LogP contribution in [0.3, 0.4) is 0 Å². The fraction of sp³-hybridized carbons (Fsp3) is 0.500. The van der Waals surface area contributed by atoms with Gasteiger partial charge < -0.3 is 9.84 Å². The third-order valence-electron chi connectivity index (χ3n) is 4.72. The Labute approximate surface area is 118 Å². The largest absolute Gasteiger partial charge is 0.386 e. The van der Waals surface area contributed by atoms with Crippen molar-refractivity contribution in [1.82, 2.24) is 5.06 Å². The second-order valence-electron chi connectivity index (χ2n) is 5.90. The van der Waals surface area contributed by atoms with Crippen molar-refractivity contribution < 1.29 is 14.7 Å². The number of benzene rings is 1. The highest BCUT2D eigenvalue weighted by Crippen LogP contribution is 2.46. The van der Waals surface area contributed by atoms with Crippen LogP contribution in [0.5, 0.6) is 0 Å². The van der Waals surface area contributed by atoms with Crippen LogP contribution < -0.4 is 0 Å². The smallest absolute Gasteiger partial charge is 0.119 e. The third kappa shape index (κ3) is 1.76. The molecule has 4 nitrogen and oxygen atoms in total. The first-order valence-electron chi connectivity index (χ1n) is 7.22. The van der Waals surface area contributed by atoms with E-state index in [4.69, 9.17) is 9.57 Å². The molecule has 4 heteroatoms. The predicted octanol–water partition coefficient (Wildman–Crippen LogP) is 1.51. The van der Waals surface area contributed by atoms with Crippen LogP contribution >= 0.6 is 0 Å². The molecule has 3 aliphatic rings. The summed E-state index contributed by atoms with van der Waals surface area (Å²) >= 11 is 0. The van der Waals surface area contributed by atoms with Crippen molar-refractivity contribution in [2.45, 2.75) is 30.7 Å². The molecule has 2 saturated heterocycles. The van der Waals surface area contributed by atoms with Crippen molar-refractivity contribution in [2.75, 3.05) is 13.2 Å². The minimum Gasteiger partial charge on any atom is -0.386 e. The molecule has 1 aliphatic carbocycles. The van der Waals surface area contributed by atoms with Gasteiger partial charge in [-0.15, -0.1) is 0 Å². The molecule has 1 aromatic rings. The summed E-state index contributed by atoms with van der Waals surface area (Å²) in [4.78, 5) is 5.87. The zero-order valence-corrected chi connectivity index (χ0v) is 11.3. The van der Waals surface area contributed by atoms with Gasteiger partial charge in [-0.1, -0.05) is 42.5 Å². The van der Waals surface area contributed by atoms with Crippen LogP contribution in [0, 0.1) is 5.92 Å². The van der Waals surface area contributed by atoms with Gasteiger partial charge in [-0.2, -0.15) is 5.06 Å². The highest BCUT2D eigenvalue weighted by atomic mass is 16.7. The van der Waals surface area contributed by atoms with Gasteiger partial charge in [0.25, 0.3) is 0 Å². The number of ether oxygens (including phenoxy) is 1. The zero-order chi connectivity index (χ0) is 13.6. The van der Waals surface area contributed by atoms with Crippen molar-refractivity contribution in [1.29, 1.82) is 0 Å². The molecule has 0 unspecified atom stereocenters. The van der Waals surface area contributed by atoms with E-state index in [2.05, 4.69) is 12.1 Å². The van der Waals surface area contributed by atoms with Gasteiger partial charge in [0, 0.05) is 12.5 Å². The molecule has 4 rings (SSSR count). The summed E-state index contributed by atoms with van der Waals surface area (Å²) in [7, 11) is 0. The third-order valence-corrected chi connectivity index (χ3v) is 4.72. The molecule has 0 aromatic heterocycles. The van der Waals surface area contributed by atoms with Crippen molar-refractivity contribution >= 4 is 0 Å². The Hall–Kier alpha value is -1.20. The lowest BCUT2D eigenvalue weighted by atomic mass is 9.85. The van der Waals surface area contributed by atoms with E-state index in [1.54, 1.807) is 0 Å². The van der Waals surface area contributed by atoms with E-state index in [1.165, 1.54) is 5.56 Å². The zero-order valence-electron chi connectivity index (χ0n) is 11.3. The summed E-state index contributed by atoms with van der Waals surface area (Å²) in [6, 6.07) is 10.4. The minimum absolute atomic E-state index is 0.132. The summed E-state index contributed by atoms with van der Waals surface area (Å²) in [6.07, 6.45) is 4.11. The second kappa shape index (κ2) is 4.67. The number of hydrogen-bond acceptors (Lipinski definition) is 4. The maximum atomic E-state index is 10.3. The van der Waals surface area contributed by atoms with Crippen LogP contribution in [0.25, 0.3) is 0 Å². The monoisotopic (exact) mass is 273 g/mol. The van der Waals surface area contributed by atoms with Crippen LogP contribution in [0.15, 0.2) is 42.5 Å². The van der Waals surface area contributed by atoms with Gasteiger partial charge in [0.15, 0.2) is 0 Å². The van der Waals surface area contributed by atoms with Crippen LogP contribution in [0.4, 0.5) is 0 Å². The molecule has 0 radical (unpaired) electrons. The Morgan fingerprint density at radius 1 is 1.25 bits per heavy atom. The van der Waals surface area contributed by atoms with Crippen LogP contribution in [-0.2, 0) is 16.1 Å². The Bertz CT molecular complexity index is 518. The molecule has 4 atom stereocenters. The Balaban J connectivity index is 1.59. The standard InChI is InChI=1S/C16H19NO3/c18-14-7-4-8-16(14)15-13(10-19-16)11-20-17(15)9-12-5-2-1-3-6-12/h1-7,13-15,18H,8-11H2/t13-,14-,15+,16-/m1/s1. The van der Waals surface area contributed by atoms with Gasteiger partial charge in [-0.05, 0) is 12.0 Å². The number of nitrogens with zero attached hydrogens (tertiary/aromatic N) is 1. The van der Waals surface area contributed by atoms with Crippen LogP contribution in [0.1, 0.15) is 12.0 Å². The number of rotatable bonds is 2. The van der Waals surface area contributed by atoms with E-state index in [0.717, 1.165) is 13.0 Å². The summed E-state index contributed by atoms with van der Waals surface area (Å²) in [6.45, 7) is 2.10. The lowest BCUT2D eigenvalue weighted by Crippen LogP contribution is -2.53. The minimum atomic E-state index is -0.530. The fourth-order valence-corrected chi connectivity index (χ4v) is 3.74. The molecule has 2 heterocycles. The van der Waals surface area contributed by atoms with Crippen molar-refractivity contribution in [3.8, 4) is 0 Å². The van der Waals surface area contributed by atoms with Gasteiger partial charge >= 0.3 is 0 Å². The maximum Gasteiger partial charge on any atom is 0.119 e. The lowest BCUT2D eigenvalue weighted by Gasteiger charge is -2.37. The van der Waals surface area contributed by atoms with Crippen molar-refractivity contribution in [3.63, 3.8) is 0 Å². The number of aliphatic hydroxyl groups excluding tert-OH is 1. The van der Waals surface area contributed by atoms with Crippen molar-refractivity contribution in [2.24, 2.45) is 5.92 Å². The molecular formula is C16H19NO3. The Kier molecular flexibility index (Phi) is 2.93. The summed E-state index contributed by atoms with van der Waals surface area (Å²) in [5.74, 6) is 0.355. The van der Waals surface area contributed by atoms with E-state index in [9.17, 15) is 5.11 Å². The second-order valence-corrected chi connectivity index (χ2v) is 5.90. The van der Waals surface area contributed by atoms with Gasteiger partial charge in [-0.3, -0.25) is 4.84 Å². The van der Waals surface area contributed by atoms with Gasteiger partial charge in [-0.25, -0.2) is 0 Å². The molecule has 106 valence electrons. The summed E-state index contributed by atoms with van der Waals surface area (Å²) in [5.41, 5.74) is 0.714. The molecule has 2 aliphatic heterocycles. The Morgan fingerprint density at radius 2 is 2.10 bits per heavy atom. The highest BCUT2D eigenvalue weighted by molar-refractivity contribution is 5.21. The van der Waals surface area contributed by atoms with E-state index in [-0.39, 0.29) is 6.04 Å². The highest BCUT2D eigenvalue weighted by Gasteiger charge is 2.60. The van der Waals surface area contributed by atoms with E-state index in [0.29, 0.717) is 19.1 Å². The lowest BCUT2D eigenvalue weighted by molar-refractivity contribution is -0.197. The van der Waals surface area contributed by atoms with E-state index < -0.39 is 11.7 Å². The normalized spacial score (nSPS) is 39.8. The number of hydrogen-bond donors (Lipinski definition) is 1. The molecule has 0 saturated carbocycles. The number of fused-ring (bicyclic) bond motifs is 2. The Morgan fingerprint density at radius 3 is 2.85 bits per heavy atom. The van der Waals surface area contributed by atoms with Crippen molar-refractivity contribution in [3.05, 3.63) is 48.0 Å². The molecule has 2 fully saturated rings. The predicted molar refractivity (Wildman–Crippen MR) is 73.7 cm³/mol. The fourth-order valence-electron chi connectivity index (χ4n) is 3.74. The quantitative estimate of drug-likeness (QED) is 0.829. The van der Waals surface area contributed by atoms with E-state index >= 15 is 0 Å². The molecule has 1 spiro atoms. The first-order valence-corrected chi connectivity index (χ1v) is 7.22. The average molecular weight is 273 g/mol. The first kappa shape index (κ1) is 12.5. The molecular weight excluding hydrogens is 254 g/mol. The summed E-state index contributed by atoms with van der Waals surface area (Å²) < 4.78 is 6.01. The first-order chi connectivity index (χ1) is 9.79. The van der Waals surface area contributed by atoms with Gasteiger partial charge in [0.1, 0.15) is 11.7 Å². The molecule has 1 N–H and O–H groups in total. The van der Waals surface area contributed by atoms with Gasteiger partial charge in [0.05, 0.1) is 19.3 Å². The average Bonchev–Trinajstić information content (AvgIpc) is 3.13. The SMILES string of the molecule is O[C@@H]1C=CC[C@@]12OC[C@@H]1CON(Cc3ccccc3)[C@@H]12. The summed E-state index contributed by atoms with van der Waals surface area (Å²) in [5, 5.41) is 12.3. The van der Waals surface area contributed by atoms with Crippen LogP contribution in [0.2, 0.25) is 0 Å². The topological polar surface area (TPSA) is 41.9 Å². The van der Waals surface area contributed by atoms with Gasteiger partial charge in [0.2, 0.25) is 0 Å². The van der Waals surface area contributed by atoms with E-state index in [1.807, 2.05) is 35.4 Å².